The molecule has 0 amide bonds. The maximum absolute atomic E-state index is 12.6. The largest absolute Gasteiger partial charge is 0.427 e. The second-order valence-electron chi connectivity index (χ2n) is 6.58. The Bertz CT molecular complexity index is 684. The Balaban J connectivity index is 1.40. The molecule has 1 aliphatic heterocycles. The number of nitrogens with zero attached hydrogens (tertiary/aromatic N) is 2. The van der Waals surface area contributed by atoms with Crippen molar-refractivity contribution in [3.05, 3.63) is 47.0 Å². The molecule has 26 heavy (non-hydrogen) atoms. The third-order valence-corrected chi connectivity index (χ3v) is 5.65. The molecule has 2 aromatic rings. The lowest BCUT2D eigenvalue weighted by atomic mass is 9.96. The van der Waals surface area contributed by atoms with Crippen LogP contribution in [0.5, 0.6) is 0 Å². The zero-order valence-corrected chi connectivity index (χ0v) is 15.1. The van der Waals surface area contributed by atoms with Gasteiger partial charge < -0.3 is 15.3 Å². The van der Waals surface area contributed by atoms with Gasteiger partial charge in [0.25, 0.3) is 0 Å². The summed E-state index contributed by atoms with van der Waals surface area (Å²) in [6, 6.07) is 9.60. The number of nitrogens with one attached hydrogen (secondary N) is 1. The first-order valence-electron chi connectivity index (χ1n) is 8.64. The first-order valence-corrected chi connectivity index (χ1v) is 9.45. The van der Waals surface area contributed by atoms with Crippen LogP contribution in [0.15, 0.2) is 36.5 Å². The van der Waals surface area contributed by atoms with Crippen molar-refractivity contribution in [3.8, 4) is 0 Å². The van der Waals surface area contributed by atoms with Gasteiger partial charge in [-0.05, 0) is 37.4 Å². The number of aliphatic hydroxyl groups is 1. The Labute approximate surface area is 154 Å². The second kappa shape index (κ2) is 8.37. The van der Waals surface area contributed by atoms with E-state index in [-0.39, 0.29) is 0 Å². The number of β-amino-alcohol motifs (C(OH)–C–C–N with tert-alkyl or cyclic N) is 1. The highest BCUT2D eigenvalue weighted by molar-refractivity contribution is 7.15. The van der Waals surface area contributed by atoms with E-state index in [1.54, 1.807) is 0 Å². The number of alkyl halides is 3. The quantitative estimate of drug-likeness (QED) is 0.789. The molecule has 0 saturated carbocycles. The summed E-state index contributed by atoms with van der Waals surface area (Å²) in [4.78, 5) is 5.36. The fraction of sp³-hybridized carbons (Fsp3) is 0.500. The average Bonchev–Trinajstić information content (AvgIpc) is 3.11. The predicted octanol–water partition coefficient (Wildman–Crippen LogP) is 4.02. The molecule has 2 heterocycles. The minimum absolute atomic E-state index is 0.319. The molecule has 1 aromatic heterocycles. The first-order chi connectivity index (χ1) is 12.4. The van der Waals surface area contributed by atoms with Gasteiger partial charge in [0.2, 0.25) is 0 Å². The van der Waals surface area contributed by atoms with E-state index in [1.807, 2.05) is 30.3 Å². The highest BCUT2D eigenvalue weighted by Gasteiger charge is 2.33. The van der Waals surface area contributed by atoms with Gasteiger partial charge >= 0.3 is 6.18 Å². The standard InChI is InChI=1S/C18H22F3N3OS/c19-18(20,21)16-11-23-17(26-16)22-10-13-6-8-24(9-7-13)12-15(25)14-4-2-1-3-5-14/h1-5,11,13,15,25H,6-10,12H2,(H,22,23). The third kappa shape index (κ3) is 5.18. The van der Waals surface area contributed by atoms with Crippen molar-refractivity contribution < 1.29 is 18.3 Å². The Morgan fingerprint density at radius 3 is 2.54 bits per heavy atom. The van der Waals surface area contributed by atoms with E-state index < -0.39 is 17.2 Å². The molecular weight excluding hydrogens is 363 g/mol. The number of piperidine rings is 1. The molecule has 142 valence electrons. The molecule has 0 bridgehead atoms. The lowest BCUT2D eigenvalue weighted by Gasteiger charge is -2.33. The zero-order valence-electron chi connectivity index (χ0n) is 14.2. The lowest BCUT2D eigenvalue weighted by molar-refractivity contribution is -0.134. The number of thiazole rings is 1. The highest BCUT2D eigenvalue weighted by Crippen LogP contribution is 2.35. The summed E-state index contributed by atoms with van der Waals surface area (Å²) in [5, 5.41) is 13.7. The molecule has 1 aliphatic rings. The average molecular weight is 385 g/mol. The molecule has 1 atom stereocenters. The predicted molar refractivity (Wildman–Crippen MR) is 96.2 cm³/mol. The Kier molecular flexibility index (Phi) is 6.16. The van der Waals surface area contributed by atoms with Gasteiger partial charge in [-0.15, -0.1) is 0 Å². The molecule has 4 nitrogen and oxygen atoms in total. The molecule has 1 saturated heterocycles. The fourth-order valence-corrected chi connectivity index (χ4v) is 3.81. The monoisotopic (exact) mass is 385 g/mol. The van der Waals surface area contributed by atoms with Gasteiger partial charge in [-0.3, -0.25) is 0 Å². The maximum atomic E-state index is 12.6. The lowest BCUT2D eigenvalue weighted by Crippen LogP contribution is -2.38. The van der Waals surface area contributed by atoms with Gasteiger partial charge in [0, 0.05) is 13.1 Å². The Morgan fingerprint density at radius 1 is 1.23 bits per heavy atom. The molecule has 0 aliphatic carbocycles. The summed E-state index contributed by atoms with van der Waals surface area (Å²) >= 11 is 0.644. The van der Waals surface area contributed by atoms with Crippen molar-refractivity contribution in [1.82, 2.24) is 9.88 Å². The molecular formula is C18H22F3N3OS. The number of rotatable bonds is 6. The van der Waals surface area contributed by atoms with Gasteiger partial charge in [-0.1, -0.05) is 41.7 Å². The zero-order chi connectivity index (χ0) is 18.6. The van der Waals surface area contributed by atoms with Crippen LogP contribution in [0.4, 0.5) is 18.3 Å². The summed E-state index contributed by atoms with van der Waals surface area (Å²) in [5.74, 6) is 0.401. The third-order valence-electron chi connectivity index (χ3n) is 4.65. The van der Waals surface area contributed by atoms with E-state index in [2.05, 4.69) is 15.2 Å². The van der Waals surface area contributed by atoms with Crippen LogP contribution in [0, 0.1) is 5.92 Å². The smallest absolute Gasteiger partial charge is 0.387 e. The molecule has 8 heteroatoms. The number of hydrogen-bond acceptors (Lipinski definition) is 5. The number of likely N-dealkylation sites (tertiary alicyclic amines) is 1. The van der Waals surface area contributed by atoms with Crippen LogP contribution >= 0.6 is 11.3 Å². The fourth-order valence-electron chi connectivity index (χ4n) is 3.12. The van der Waals surface area contributed by atoms with E-state index in [9.17, 15) is 18.3 Å². The normalized spacial score (nSPS) is 18.0. The molecule has 0 radical (unpaired) electrons. The van der Waals surface area contributed by atoms with Crippen LogP contribution in [-0.2, 0) is 6.18 Å². The molecule has 1 unspecified atom stereocenters. The van der Waals surface area contributed by atoms with Crippen LogP contribution < -0.4 is 5.32 Å². The van der Waals surface area contributed by atoms with Gasteiger partial charge in [0.05, 0.1) is 12.3 Å². The van der Waals surface area contributed by atoms with Gasteiger partial charge in [-0.25, -0.2) is 4.98 Å². The van der Waals surface area contributed by atoms with Crippen molar-refractivity contribution in [1.29, 1.82) is 0 Å². The van der Waals surface area contributed by atoms with Crippen LogP contribution in [0.3, 0.4) is 0 Å². The number of anilines is 1. The van der Waals surface area contributed by atoms with E-state index in [0.717, 1.165) is 37.7 Å². The van der Waals surface area contributed by atoms with Crippen LogP contribution in [-0.4, -0.2) is 41.2 Å². The second-order valence-corrected chi connectivity index (χ2v) is 7.61. The Morgan fingerprint density at radius 2 is 1.92 bits per heavy atom. The SMILES string of the molecule is OC(CN1CCC(CNc2ncc(C(F)(F)F)s2)CC1)c1ccccc1. The van der Waals surface area contributed by atoms with E-state index in [1.165, 1.54) is 0 Å². The summed E-state index contributed by atoms with van der Waals surface area (Å²) < 4.78 is 37.7. The van der Waals surface area contributed by atoms with Crippen LogP contribution in [0.2, 0.25) is 0 Å². The van der Waals surface area contributed by atoms with Crippen molar-refractivity contribution in [2.75, 3.05) is 31.5 Å². The van der Waals surface area contributed by atoms with Crippen molar-refractivity contribution in [2.24, 2.45) is 5.92 Å². The minimum atomic E-state index is -4.33. The molecule has 0 spiro atoms. The summed E-state index contributed by atoms with van der Waals surface area (Å²) in [6.45, 7) is 2.98. The van der Waals surface area contributed by atoms with Gasteiger partial charge in [0.1, 0.15) is 4.88 Å². The van der Waals surface area contributed by atoms with Crippen LogP contribution in [0.1, 0.15) is 29.4 Å². The molecule has 1 fully saturated rings. The molecule has 1 aromatic carbocycles. The van der Waals surface area contributed by atoms with Crippen molar-refractivity contribution in [2.45, 2.75) is 25.1 Å². The number of hydrogen-bond donors (Lipinski definition) is 2. The van der Waals surface area contributed by atoms with E-state index >= 15 is 0 Å². The Hall–Kier alpha value is -1.64. The first kappa shape index (κ1) is 19.1. The summed E-state index contributed by atoms with van der Waals surface area (Å²) in [6.07, 6.45) is -2.05. The van der Waals surface area contributed by atoms with Gasteiger partial charge in [0.15, 0.2) is 5.13 Å². The number of aliphatic hydroxyl groups excluding tert-OH is 1. The van der Waals surface area contributed by atoms with Crippen molar-refractivity contribution >= 4 is 16.5 Å². The summed E-state index contributed by atoms with van der Waals surface area (Å²) in [5.41, 5.74) is 0.917. The summed E-state index contributed by atoms with van der Waals surface area (Å²) in [7, 11) is 0. The molecule has 3 rings (SSSR count). The number of halogens is 3. The van der Waals surface area contributed by atoms with Gasteiger partial charge in [-0.2, -0.15) is 13.2 Å². The van der Waals surface area contributed by atoms with Crippen molar-refractivity contribution in [3.63, 3.8) is 0 Å². The maximum Gasteiger partial charge on any atom is 0.427 e. The topological polar surface area (TPSA) is 48.4 Å². The van der Waals surface area contributed by atoms with E-state index in [0.29, 0.717) is 35.5 Å². The highest BCUT2D eigenvalue weighted by atomic mass is 32.1. The van der Waals surface area contributed by atoms with Crippen LogP contribution in [0.25, 0.3) is 0 Å². The number of benzene rings is 1. The number of aromatic nitrogens is 1. The molecule has 2 N–H and O–H groups in total. The van der Waals surface area contributed by atoms with E-state index in [4.69, 9.17) is 0 Å². The minimum Gasteiger partial charge on any atom is -0.387 e.